The van der Waals surface area contributed by atoms with Gasteiger partial charge in [0.2, 0.25) is 0 Å². The fourth-order valence-corrected chi connectivity index (χ4v) is 3.64. The summed E-state index contributed by atoms with van der Waals surface area (Å²) in [5.41, 5.74) is 1.34. The molecule has 0 saturated carbocycles. The molecule has 31 heavy (non-hydrogen) atoms. The van der Waals surface area contributed by atoms with Gasteiger partial charge in [0, 0.05) is 18.5 Å². The Bertz CT molecular complexity index is 1030. The summed E-state index contributed by atoms with van der Waals surface area (Å²) in [6, 6.07) is 19.9. The molecule has 3 aromatic rings. The van der Waals surface area contributed by atoms with Crippen LogP contribution >= 0.6 is 11.3 Å². The Labute approximate surface area is 185 Å². The number of thiophene rings is 1. The largest absolute Gasteiger partial charge is 0.449 e. The molecule has 1 aromatic heterocycles. The molecule has 2 aromatic carbocycles. The van der Waals surface area contributed by atoms with Crippen molar-refractivity contribution in [3.05, 3.63) is 93.7 Å². The zero-order valence-corrected chi connectivity index (χ0v) is 18.2. The lowest BCUT2D eigenvalue weighted by Gasteiger charge is -2.19. The summed E-state index contributed by atoms with van der Waals surface area (Å²) >= 11 is 1.53. The molecule has 0 saturated heterocycles. The molecule has 2 amide bonds. The Morgan fingerprint density at radius 1 is 0.968 bits per heavy atom. The summed E-state index contributed by atoms with van der Waals surface area (Å²) < 4.78 is 5.34. The molecule has 1 heterocycles. The lowest BCUT2D eigenvalue weighted by molar-refractivity contribution is -0.129. The van der Waals surface area contributed by atoms with E-state index in [0.717, 1.165) is 10.4 Å². The minimum absolute atomic E-state index is 0.130. The predicted octanol–water partition coefficient (Wildman–Crippen LogP) is 3.88. The number of esters is 1. The minimum atomic E-state index is -0.988. The molecule has 0 radical (unpaired) electrons. The van der Waals surface area contributed by atoms with E-state index in [-0.39, 0.29) is 17.0 Å². The summed E-state index contributed by atoms with van der Waals surface area (Å²) in [5, 5.41) is 4.67. The SMILES string of the molecule is CC(OC(=O)c1ccccc1C(=O)N(C)Cc1ccccc1)C(=O)NCc1cccs1. The quantitative estimate of drug-likeness (QED) is 0.544. The normalized spacial score (nSPS) is 11.4. The minimum Gasteiger partial charge on any atom is -0.449 e. The summed E-state index contributed by atoms with van der Waals surface area (Å²) in [6.45, 7) is 2.29. The molecule has 0 aliphatic rings. The lowest BCUT2D eigenvalue weighted by Crippen LogP contribution is -2.35. The number of benzene rings is 2. The maximum Gasteiger partial charge on any atom is 0.339 e. The number of hydrogen-bond donors (Lipinski definition) is 1. The Balaban J connectivity index is 1.64. The van der Waals surface area contributed by atoms with Crippen LogP contribution < -0.4 is 5.32 Å². The van der Waals surface area contributed by atoms with E-state index in [2.05, 4.69) is 5.32 Å². The predicted molar refractivity (Wildman–Crippen MR) is 120 cm³/mol. The van der Waals surface area contributed by atoms with Gasteiger partial charge in [0.25, 0.3) is 11.8 Å². The van der Waals surface area contributed by atoms with E-state index >= 15 is 0 Å². The highest BCUT2D eigenvalue weighted by Gasteiger charge is 2.24. The van der Waals surface area contributed by atoms with E-state index in [4.69, 9.17) is 4.74 Å². The monoisotopic (exact) mass is 436 g/mol. The van der Waals surface area contributed by atoms with Crippen molar-refractivity contribution in [3.8, 4) is 0 Å². The van der Waals surface area contributed by atoms with E-state index in [1.807, 2.05) is 47.8 Å². The van der Waals surface area contributed by atoms with Crippen LogP contribution in [0.2, 0.25) is 0 Å². The third-order valence-electron chi connectivity index (χ3n) is 4.66. The van der Waals surface area contributed by atoms with E-state index in [9.17, 15) is 14.4 Å². The molecule has 0 aliphatic heterocycles. The van der Waals surface area contributed by atoms with Crippen LogP contribution in [0.25, 0.3) is 0 Å². The molecule has 6 nitrogen and oxygen atoms in total. The van der Waals surface area contributed by atoms with Gasteiger partial charge in [-0.25, -0.2) is 4.79 Å². The molecule has 0 spiro atoms. The van der Waals surface area contributed by atoms with Gasteiger partial charge in [-0.05, 0) is 36.1 Å². The first kappa shape index (κ1) is 22.2. The van der Waals surface area contributed by atoms with Crippen LogP contribution in [0.1, 0.15) is 38.1 Å². The number of ether oxygens (including phenoxy) is 1. The molecule has 1 unspecified atom stereocenters. The topological polar surface area (TPSA) is 75.7 Å². The van der Waals surface area contributed by atoms with Crippen molar-refractivity contribution in [2.24, 2.45) is 0 Å². The van der Waals surface area contributed by atoms with Gasteiger partial charge in [0.15, 0.2) is 6.10 Å². The summed E-state index contributed by atoms with van der Waals surface area (Å²) in [6.07, 6.45) is -0.988. The zero-order valence-electron chi connectivity index (χ0n) is 17.4. The van der Waals surface area contributed by atoms with Crippen molar-refractivity contribution >= 4 is 29.1 Å². The van der Waals surface area contributed by atoms with Crippen LogP contribution in [0.15, 0.2) is 72.1 Å². The molecule has 0 bridgehead atoms. The second-order valence-electron chi connectivity index (χ2n) is 7.04. The second-order valence-corrected chi connectivity index (χ2v) is 8.07. The zero-order chi connectivity index (χ0) is 22.2. The van der Waals surface area contributed by atoms with Gasteiger partial charge in [-0.2, -0.15) is 0 Å². The highest BCUT2D eigenvalue weighted by atomic mass is 32.1. The van der Waals surface area contributed by atoms with Crippen LogP contribution in [0.3, 0.4) is 0 Å². The van der Waals surface area contributed by atoms with Crippen LogP contribution in [-0.4, -0.2) is 35.8 Å². The molecule has 0 aliphatic carbocycles. The molecule has 3 rings (SSSR count). The first-order chi connectivity index (χ1) is 15.0. The molecule has 1 N–H and O–H groups in total. The van der Waals surface area contributed by atoms with Gasteiger partial charge in [-0.15, -0.1) is 11.3 Å². The average Bonchev–Trinajstić information content (AvgIpc) is 3.31. The van der Waals surface area contributed by atoms with Crippen molar-refractivity contribution < 1.29 is 19.1 Å². The first-order valence-electron chi connectivity index (χ1n) is 9.85. The average molecular weight is 437 g/mol. The van der Waals surface area contributed by atoms with Gasteiger partial charge in [0.1, 0.15) is 0 Å². The van der Waals surface area contributed by atoms with Gasteiger partial charge in [-0.1, -0.05) is 48.5 Å². The maximum absolute atomic E-state index is 13.0. The number of rotatable bonds is 8. The van der Waals surface area contributed by atoms with Gasteiger partial charge < -0.3 is 15.0 Å². The number of hydrogen-bond acceptors (Lipinski definition) is 5. The second kappa shape index (κ2) is 10.5. The van der Waals surface area contributed by atoms with Gasteiger partial charge in [0.05, 0.1) is 17.7 Å². The summed E-state index contributed by atoms with van der Waals surface area (Å²) in [5.74, 6) is -1.41. The first-order valence-corrected chi connectivity index (χ1v) is 10.7. The van der Waals surface area contributed by atoms with Crippen LogP contribution in [-0.2, 0) is 22.6 Å². The fourth-order valence-electron chi connectivity index (χ4n) is 2.99. The van der Waals surface area contributed by atoms with Crippen molar-refractivity contribution in [1.29, 1.82) is 0 Å². The third-order valence-corrected chi connectivity index (χ3v) is 5.53. The number of carbonyl (C=O) groups excluding carboxylic acids is 3. The summed E-state index contributed by atoms with van der Waals surface area (Å²) in [4.78, 5) is 40.5. The van der Waals surface area contributed by atoms with E-state index < -0.39 is 18.0 Å². The Morgan fingerprint density at radius 3 is 2.32 bits per heavy atom. The highest BCUT2D eigenvalue weighted by Crippen LogP contribution is 2.16. The van der Waals surface area contributed by atoms with Crippen molar-refractivity contribution in [1.82, 2.24) is 10.2 Å². The Hall–Kier alpha value is -3.45. The van der Waals surface area contributed by atoms with Crippen molar-refractivity contribution in [3.63, 3.8) is 0 Å². The summed E-state index contributed by atoms with van der Waals surface area (Å²) in [7, 11) is 1.68. The standard InChI is InChI=1S/C24H24N2O4S/c1-17(22(27)25-15-19-11-8-14-31-19)30-24(29)21-13-7-6-12-20(21)23(28)26(2)16-18-9-4-3-5-10-18/h3-14,17H,15-16H2,1-2H3,(H,25,27). The Morgan fingerprint density at radius 2 is 1.65 bits per heavy atom. The van der Waals surface area contributed by atoms with E-state index in [1.54, 1.807) is 30.1 Å². The third kappa shape index (κ3) is 6.02. The molecular formula is C24H24N2O4S. The molecule has 1 atom stereocenters. The highest BCUT2D eigenvalue weighted by molar-refractivity contribution is 7.09. The number of nitrogens with zero attached hydrogens (tertiary/aromatic N) is 1. The van der Waals surface area contributed by atoms with Crippen LogP contribution in [0.4, 0.5) is 0 Å². The smallest absolute Gasteiger partial charge is 0.339 e. The van der Waals surface area contributed by atoms with Gasteiger partial charge in [-0.3, -0.25) is 9.59 Å². The van der Waals surface area contributed by atoms with Crippen LogP contribution in [0, 0.1) is 0 Å². The number of amides is 2. The molecule has 7 heteroatoms. The van der Waals surface area contributed by atoms with Gasteiger partial charge >= 0.3 is 5.97 Å². The molecule has 0 fully saturated rings. The lowest BCUT2D eigenvalue weighted by atomic mass is 10.1. The fraction of sp³-hybridized carbons (Fsp3) is 0.208. The van der Waals surface area contributed by atoms with E-state index in [1.165, 1.54) is 24.3 Å². The van der Waals surface area contributed by atoms with Crippen molar-refractivity contribution in [2.45, 2.75) is 26.1 Å². The van der Waals surface area contributed by atoms with Crippen LogP contribution in [0.5, 0.6) is 0 Å². The van der Waals surface area contributed by atoms with Crippen molar-refractivity contribution in [2.75, 3.05) is 7.05 Å². The maximum atomic E-state index is 13.0. The van der Waals surface area contributed by atoms with E-state index in [0.29, 0.717) is 13.1 Å². The number of nitrogens with one attached hydrogen (secondary N) is 1. The molecule has 160 valence electrons. The molecular weight excluding hydrogens is 412 g/mol. The Kier molecular flexibility index (Phi) is 7.56. The number of carbonyl (C=O) groups is 3.